The van der Waals surface area contributed by atoms with E-state index in [1.54, 1.807) is 6.08 Å². The third-order valence-electron chi connectivity index (χ3n) is 4.35. The van der Waals surface area contributed by atoms with E-state index < -0.39 is 22.3 Å². The van der Waals surface area contributed by atoms with Gasteiger partial charge in [-0.25, -0.2) is 0 Å². The van der Waals surface area contributed by atoms with Crippen molar-refractivity contribution in [3.05, 3.63) is 52.1 Å². The van der Waals surface area contributed by atoms with Gasteiger partial charge in [-0.3, -0.25) is 19.7 Å². The van der Waals surface area contributed by atoms with Gasteiger partial charge < -0.3 is 9.47 Å². The third kappa shape index (κ3) is 5.17. The molecular formula is C20H21NO6. The molecule has 0 heterocycles. The molecule has 0 amide bonds. The molecule has 0 spiro atoms. The smallest absolute Gasteiger partial charge is 0.324 e. The summed E-state index contributed by atoms with van der Waals surface area (Å²) >= 11 is 0. The highest BCUT2D eigenvalue weighted by Crippen LogP contribution is 2.34. The molecule has 1 aromatic rings. The Morgan fingerprint density at radius 1 is 1.22 bits per heavy atom. The van der Waals surface area contributed by atoms with Crippen molar-refractivity contribution in [2.75, 3.05) is 14.2 Å². The number of nitro benzene ring substituents is 1. The SMILES string of the molecule is COC(=O)C(CC#Cc1ccc([N+](=O)[O-])cc1)(C/C=C/C1CC1)C(=O)OC. The third-order valence-corrected chi connectivity index (χ3v) is 4.35. The Morgan fingerprint density at radius 2 is 1.81 bits per heavy atom. The van der Waals surface area contributed by atoms with Crippen molar-refractivity contribution < 1.29 is 24.0 Å². The molecule has 1 aliphatic carbocycles. The summed E-state index contributed by atoms with van der Waals surface area (Å²) in [5.74, 6) is 4.75. The Morgan fingerprint density at radius 3 is 2.30 bits per heavy atom. The molecule has 2 rings (SSSR count). The Hall–Kier alpha value is -3.14. The molecule has 1 aliphatic rings. The van der Waals surface area contributed by atoms with E-state index in [0.717, 1.165) is 12.8 Å². The maximum Gasteiger partial charge on any atom is 0.324 e. The van der Waals surface area contributed by atoms with Crippen LogP contribution in [0.4, 0.5) is 5.69 Å². The number of non-ortho nitro benzene ring substituents is 1. The summed E-state index contributed by atoms with van der Waals surface area (Å²) in [6, 6.07) is 5.71. The van der Waals surface area contributed by atoms with Crippen LogP contribution in [0.15, 0.2) is 36.4 Å². The Bertz CT molecular complexity index is 780. The van der Waals surface area contributed by atoms with Crippen molar-refractivity contribution in [1.82, 2.24) is 0 Å². The molecule has 0 radical (unpaired) electrons. The highest BCUT2D eigenvalue weighted by Gasteiger charge is 2.47. The number of allylic oxidation sites excluding steroid dienone is 2. The molecule has 27 heavy (non-hydrogen) atoms. The van der Waals surface area contributed by atoms with E-state index in [9.17, 15) is 19.7 Å². The molecular weight excluding hydrogens is 350 g/mol. The molecule has 7 nitrogen and oxygen atoms in total. The van der Waals surface area contributed by atoms with E-state index in [1.165, 1.54) is 38.5 Å². The number of carbonyl (C=O) groups excluding carboxylic acids is 2. The summed E-state index contributed by atoms with van der Waals surface area (Å²) in [6.07, 6.45) is 6.07. The molecule has 0 atom stereocenters. The largest absolute Gasteiger partial charge is 0.468 e. The molecule has 0 saturated heterocycles. The van der Waals surface area contributed by atoms with Crippen molar-refractivity contribution >= 4 is 17.6 Å². The molecule has 1 saturated carbocycles. The van der Waals surface area contributed by atoms with Crippen LogP contribution in [0, 0.1) is 33.3 Å². The number of nitrogens with zero attached hydrogens (tertiary/aromatic N) is 1. The lowest BCUT2D eigenvalue weighted by Crippen LogP contribution is -2.40. The van der Waals surface area contributed by atoms with Crippen LogP contribution in [-0.4, -0.2) is 31.1 Å². The van der Waals surface area contributed by atoms with Crippen molar-refractivity contribution in [2.24, 2.45) is 11.3 Å². The zero-order valence-corrected chi connectivity index (χ0v) is 15.3. The van der Waals surface area contributed by atoms with Gasteiger partial charge in [-0.15, -0.1) is 0 Å². The van der Waals surface area contributed by atoms with Gasteiger partial charge in [-0.05, 0) is 37.3 Å². The van der Waals surface area contributed by atoms with Gasteiger partial charge in [-0.1, -0.05) is 24.0 Å². The molecule has 0 unspecified atom stereocenters. The first kappa shape index (κ1) is 20.2. The summed E-state index contributed by atoms with van der Waals surface area (Å²) in [5.41, 5.74) is -1.04. The van der Waals surface area contributed by atoms with Crippen LogP contribution in [0.5, 0.6) is 0 Å². The first-order valence-corrected chi connectivity index (χ1v) is 8.50. The van der Waals surface area contributed by atoms with E-state index in [4.69, 9.17) is 9.47 Å². The summed E-state index contributed by atoms with van der Waals surface area (Å²) in [7, 11) is 2.43. The number of rotatable bonds is 7. The van der Waals surface area contributed by atoms with Gasteiger partial charge in [0.25, 0.3) is 5.69 Å². The molecule has 142 valence electrons. The van der Waals surface area contributed by atoms with Crippen molar-refractivity contribution in [1.29, 1.82) is 0 Å². The summed E-state index contributed by atoms with van der Waals surface area (Å²) < 4.78 is 9.68. The number of benzene rings is 1. The molecule has 0 aliphatic heterocycles. The highest BCUT2D eigenvalue weighted by molar-refractivity contribution is 6.00. The predicted molar refractivity (Wildman–Crippen MR) is 97.5 cm³/mol. The summed E-state index contributed by atoms with van der Waals surface area (Å²) in [5, 5.41) is 10.7. The van der Waals surface area contributed by atoms with Crippen LogP contribution in [0.2, 0.25) is 0 Å². The minimum absolute atomic E-state index is 0.0377. The van der Waals surface area contributed by atoms with Crippen LogP contribution >= 0.6 is 0 Å². The van der Waals surface area contributed by atoms with Crippen LogP contribution in [-0.2, 0) is 19.1 Å². The fourth-order valence-electron chi connectivity index (χ4n) is 2.57. The maximum atomic E-state index is 12.4. The lowest BCUT2D eigenvalue weighted by molar-refractivity contribution is -0.384. The minimum Gasteiger partial charge on any atom is -0.468 e. The van der Waals surface area contributed by atoms with Crippen LogP contribution < -0.4 is 0 Å². The maximum absolute atomic E-state index is 12.4. The second kappa shape index (κ2) is 8.99. The molecule has 1 fully saturated rings. The monoisotopic (exact) mass is 371 g/mol. The molecule has 7 heteroatoms. The van der Waals surface area contributed by atoms with Crippen LogP contribution in [0.25, 0.3) is 0 Å². The van der Waals surface area contributed by atoms with Crippen molar-refractivity contribution in [3.63, 3.8) is 0 Å². The van der Waals surface area contributed by atoms with E-state index in [0.29, 0.717) is 11.5 Å². The number of carbonyl (C=O) groups is 2. The lowest BCUT2D eigenvalue weighted by atomic mass is 9.81. The topological polar surface area (TPSA) is 95.7 Å². The van der Waals surface area contributed by atoms with Gasteiger partial charge in [0.15, 0.2) is 5.41 Å². The van der Waals surface area contributed by atoms with E-state index in [1.807, 2.05) is 6.08 Å². The zero-order valence-electron chi connectivity index (χ0n) is 15.3. The standard InChI is InChI=1S/C20H21NO6/c1-26-18(22)20(19(23)27-2,13-3-5-15-7-8-15)14-4-6-16-9-11-17(12-10-16)21(24)25/h3,5,9-12,15H,7-8,13-14H2,1-2H3/b5-3+. The van der Waals surface area contributed by atoms with Gasteiger partial charge >= 0.3 is 11.9 Å². The van der Waals surface area contributed by atoms with Gasteiger partial charge in [0.1, 0.15) is 0 Å². The van der Waals surface area contributed by atoms with Gasteiger partial charge in [0.2, 0.25) is 0 Å². The summed E-state index contributed by atoms with van der Waals surface area (Å²) in [6.45, 7) is 0. The molecule has 0 aromatic heterocycles. The molecule has 1 aromatic carbocycles. The predicted octanol–water partition coefficient (Wildman–Crippen LogP) is 3.03. The van der Waals surface area contributed by atoms with Crippen LogP contribution in [0.1, 0.15) is 31.2 Å². The van der Waals surface area contributed by atoms with E-state index in [2.05, 4.69) is 11.8 Å². The van der Waals surface area contributed by atoms with Crippen LogP contribution in [0.3, 0.4) is 0 Å². The first-order valence-electron chi connectivity index (χ1n) is 8.50. The number of hydrogen-bond donors (Lipinski definition) is 0. The lowest BCUT2D eigenvalue weighted by Gasteiger charge is -2.24. The average Bonchev–Trinajstić information content (AvgIpc) is 3.50. The number of esters is 2. The Labute approximate surface area is 157 Å². The minimum atomic E-state index is -1.54. The average molecular weight is 371 g/mol. The number of methoxy groups -OCH3 is 2. The molecule has 0 N–H and O–H groups in total. The van der Waals surface area contributed by atoms with Gasteiger partial charge in [-0.2, -0.15) is 0 Å². The van der Waals surface area contributed by atoms with Gasteiger partial charge in [0, 0.05) is 24.1 Å². The van der Waals surface area contributed by atoms with Crippen molar-refractivity contribution in [2.45, 2.75) is 25.7 Å². The quantitative estimate of drug-likeness (QED) is 0.183. The fourth-order valence-corrected chi connectivity index (χ4v) is 2.57. The Kier molecular flexibility index (Phi) is 6.72. The number of ether oxygens (including phenoxy) is 2. The first-order chi connectivity index (χ1) is 12.9. The Balaban J connectivity index is 2.23. The number of hydrogen-bond acceptors (Lipinski definition) is 6. The van der Waals surface area contributed by atoms with Gasteiger partial charge in [0.05, 0.1) is 19.1 Å². The highest BCUT2D eigenvalue weighted by atomic mass is 16.6. The van der Waals surface area contributed by atoms with E-state index in [-0.39, 0.29) is 18.5 Å². The normalized spacial score (nSPS) is 13.6. The molecule has 0 bridgehead atoms. The number of nitro groups is 1. The van der Waals surface area contributed by atoms with Crippen molar-refractivity contribution in [3.8, 4) is 11.8 Å². The van der Waals surface area contributed by atoms with E-state index >= 15 is 0 Å². The second-order valence-electron chi connectivity index (χ2n) is 6.32. The second-order valence-corrected chi connectivity index (χ2v) is 6.32. The zero-order chi connectivity index (χ0) is 19.9. The summed E-state index contributed by atoms with van der Waals surface area (Å²) in [4.78, 5) is 35.0. The fraction of sp³-hybridized carbons (Fsp3) is 0.400.